The van der Waals surface area contributed by atoms with Crippen LogP contribution in [-0.4, -0.2) is 41.1 Å². The average Bonchev–Trinajstić information content (AvgIpc) is 3.11. The van der Waals surface area contributed by atoms with Gasteiger partial charge in [0.25, 0.3) is 5.56 Å². The highest BCUT2D eigenvalue weighted by atomic mass is 35.5. The number of unbranched alkanes of at least 4 members (excludes halogenated alkanes) is 2. The van der Waals surface area contributed by atoms with Crippen LogP contribution in [0.1, 0.15) is 50.0 Å². The highest BCUT2D eigenvalue weighted by Crippen LogP contribution is 2.34. The van der Waals surface area contributed by atoms with Crippen molar-refractivity contribution in [3.8, 4) is 5.69 Å². The third kappa shape index (κ3) is 4.52. The molecule has 2 aromatic heterocycles. The summed E-state index contributed by atoms with van der Waals surface area (Å²) in [6.45, 7) is 8.03. The Hall–Kier alpha value is -1.89. The zero-order valence-electron chi connectivity index (χ0n) is 18.7. The number of hydrogen-bond acceptors (Lipinski definition) is 5. The molecule has 0 aliphatic carbocycles. The molecule has 5 nitrogen and oxygen atoms in total. The van der Waals surface area contributed by atoms with Gasteiger partial charge in [-0.2, -0.15) is 0 Å². The molecule has 0 saturated heterocycles. The molecule has 1 aromatic carbocycles. The van der Waals surface area contributed by atoms with Gasteiger partial charge in [0.15, 0.2) is 0 Å². The van der Waals surface area contributed by atoms with Crippen molar-refractivity contribution in [3.63, 3.8) is 0 Å². The number of likely N-dealkylation sites (N-methyl/N-ethyl adjacent to an activating group) is 1. The fraction of sp³-hybridized carbons (Fsp3) is 0.500. The smallest absolute Gasteiger partial charge is 0.268 e. The van der Waals surface area contributed by atoms with Crippen LogP contribution in [0, 0.1) is 0 Å². The molecule has 0 N–H and O–H groups in total. The summed E-state index contributed by atoms with van der Waals surface area (Å²) in [6.07, 6.45) is 5.24. The van der Waals surface area contributed by atoms with Crippen LogP contribution < -0.4 is 10.5 Å². The van der Waals surface area contributed by atoms with Crippen LogP contribution in [0.25, 0.3) is 15.9 Å². The minimum absolute atomic E-state index is 0.0299. The third-order valence-corrected chi connectivity index (χ3v) is 7.31. The molecule has 3 aromatic rings. The zero-order chi connectivity index (χ0) is 22.0. The summed E-state index contributed by atoms with van der Waals surface area (Å²) >= 11 is 8.01. The largest absolute Gasteiger partial charge is 0.342 e. The number of fused-ring (bicyclic) bond motifs is 3. The van der Waals surface area contributed by atoms with Gasteiger partial charge in [-0.1, -0.05) is 44.4 Å². The van der Waals surface area contributed by atoms with Crippen LogP contribution in [-0.2, 0) is 13.0 Å². The lowest BCUT2D eigenvalue weighted by Gasteiger charge is -2.26. The fourth-order valence-electron chi connectivity index (χ4n) is 4.23. The van der Waals surface area contributed by atoms with Gasteiger partial charge in [-0.15, -0.1) is 11.3 Å². The molecular formula is C24H31ClN4OS. The van der Waals surface area contributed by atoms with Gasteiger partial charge in [-0.3, -0.25) is 4.79 Å². The summed E-state index contributed by atoms with van der Waals surface area (Å²) in [5, 5.41) is 1.42. The van der Waals surface area contributed by atoms with Gasteiger partial charge >= 0.3 is 0 Å². The van der Waals surface area contributed by atoms with Crippen molar-refractivity contribution in [2.24, 2.45) is 0 Å². The molecule has 0 amide bonds. The van der Waals surface area contributed by atoms with Crippen LogP contribution in [0.5, 0.6) is 0 Å². The Morgan fingerprint density at radius 2 is 1.94 bits per heavy atom. The van der Waals surface area contributed by atoms with Gasteiger partial charge in [0.05, 0.1) is 11.1 Å². The first kappa shape index (κ1) is 22.3. The van der Waals surface area contributed by atoms with E-state index in [2.05, 4.69) is 30.7 Å². The average molecular weight is 459 g/mol. The summed E-state index contributed by atoms with van der Waals surface area (Å²) in [4.78, 5) is 25.8. The normalized spacial score (nSPS) is 14.2. The second-order valence-electron chi connectivity index (χ2n) is 8.40. The molecule has 7 heteroatoms. The molecule has 3 heterocycles. The molecular weight excluding hydrogens is 428 g/mol. The summed E-state index contributed by atoms with van der Waals surface area (Å²) in [6, 6.07) is 7.56. The molecule has 0 atom stereocenters. The van der Waals surface area contributed by atoms with E-state index in [-0.39, 0.29) is 5.56 Å². The van der Waals surface area contributed by atoms with E-state index < -0.39 is 0 Å². The van der Waals surface area contributed by atoms with E-state index in [1.54, 1.807) is 15.9 Å². The van der Waals surface area contributed by atoms with Crippen LogP contribution in [0.15, 0.2) is 29.1 Å². The van der Waals surface area contributed by atoms with Crippen LogP contribution in [0.4, 0.5) is 5.95 Å². The SMILES string of the molecule is CCCCN(CCCC)c1nc2sc3c(c2c(=O)n1-c1cccc(Cl)c1)CCN(C)C3. The Bertz CT molecular complexity index is 1110. The van der Waals surface area contributed by atoms with E-state index in [1.807, 2.05) is 24.3 Å². The molecule has 1 aliphatic heterocycles. The minimum atomic E-state index is 0.0299. The topological polar surface area (TPSA) is 41.4 Å². The van der Waals surface area contributed by atoms with Crippen LogP contribution in [0.2, 0.25) is 5.02 Å². The third-order valence-electron chi connectivity index (χ3n) is 5.96. The number of rotatable bonds is 8. The van der Waals surface area contributed by atoms with E-state index in [0.717, 1.165) is 80.1 Å². The summed E-state index contributed by atoms with van der Waals surface area (Å²) in [5.74, 6) is 0.744. The first-order valence-electron chi connectivity index (χ1n) is 11.3. The van der Waals surface area contributed by atoms with E-state index in [1.165, 1.54) is 10.4 Å². The van der Waals surface area contributed by atoms with E-state index in [4.69, 9.17) is 16.6 Å². The number of anilines is 1. The highest BCUT2D eigenvalue weighted by Gasteiger charge is 2.26. The van der Waals surface area contributed by atoms with Crippen molar-refractivity contribution in [2.45, 2.75) is 52.5 Å². The second kappa shape index (κ2) is 9.72. The first-order valence-corrected chi connectivity index (χ1v) is 12.5. The molecule has 0 radical (unpaired) electrons. The summed E-state index contributed by atoms with van der Waals surface area (Å²) in [7, 11) is 2.13. The maximum absolute atomic E-state index is 14.0. The molecule has 1 aliphatic rings. The number of aromatic nitrogens is 2. The Morgan fingerprint density at radius 3 is 2.61 bits per heavy atom. The monoisotopic (exact) mass is 458 g/mol. The lowest BCUT2D eigenvalue weighted by atomic mass is 10.1. The molecule has 31 heavy (non-hydrogen) atoms. The van der Waals surface area contributed by atoms with Crippen LogP contribution in [0.3, 0.4) is 0 Å². The van der Waals surface area contributed by atoms with Gasteiger partial charge in [0.1, 0.15) is 4.83 Å². The van der Waals surface area contributed by atoms with Gasteiger partial charge in [0.2, 0.25) is 5.95 Å². The van der Waals surface area contributed by atoms with Crippen molar-refractivity contribution in [2.75, 3.05) is 31.6 Å². The number of halogens is 1. The van der Waals surface area contributed by atoms with Crippen molar-refractivity contribution in [1.82, 2.24) is 14.5 Å². The van der Waals surface area contributed by atoms with Crippen LogP contribution >= 0.6 is 22.9 Å². The van der Waals surface area contributed by atoms with E-state index in [0.29, 0.717) is 5.02 Å². The number of nitrogens with zero attached hydrogens (tertiary/aromatic N) is 4. The summed E-state index contributed by atoms with van der Waals surface area (Å²) in [5.41, 5.74) is 2.00. The maximum Gasteiger partial charge on any atom is 0.268 e. The minimum Gasteiger partial charge on any atom is -0.342 e. The molecule has 0 spiro atoms. The fourth-order valence-corrected chi connectivity index (χ4v) is 5.70. The second-order valence-corrected chi connectivity index (χ2v) is 9.92. The molecule has 4 rings (SSSR count). The number of thiophene rings is 1. The standard InChI is InChI=1S/C24H31ClN4OS/c1-4-6-12-28(13-7-5-2)24-26-22-21(19-11-14-27(3)16-20(19)31-22)23(30)29(24)18-10-8-9-17(25)15-18/h8-10,15H,4-7,11-14,16H2,1-3H3. The van der Waals surface area contributed by atoms with Gasteiger partial charge in [0, 0.05) is 36.1 Å². The molecule has 0 unspecified atom stereocenters. The van der Waals surface area contributed by atoms with E-state index >= 15 is 0 Å². The number of hydrogen-bond donors (Lipinski definition) is 0. The van der Waals surface area contributed by atoms with Crippen molar-refractivity contribution < 1.29 is 0 Å². The van der Waals surface area contributed by atoms with E-state index in [9.17, 15) is 4.79 Å². The molecule has 0 saturated carbocycles. The first-order chi connectivity index (χ1) is 15.0. The maximum atomic E-state index is 14.0. The Balaban J connectivity index is 1.96. The molecule has 166 valence electrons. The van der Waals surface area contributed by atoms with Crippen molar-refractivity contribution >= 4 is 39.1 Å². The number of benzene rings is 1. The van der Waals surface area contributed by atoms with Crippen molar-refractivity contribution in [3.05, 3.63) is 50.1 Å². The van der Waals surface area contributed by atoms with Gasteiger partial charge < -0.3 is 9.80 Å². The lowest BCUT2D eigenvalue weighted by Crippen LogP contribution is -2.34. The Kier molecular flexibility index (Phi) is 6.99. The highest BCUT2D eigenvalue weighted by molar-refractivity contribution is 7.18. The Morgan fingerprint density at radius 1 is 1.19 bits per heavy atom. The van der Waals surface area contributed by atoms with Gasteiger partial charge in [-0.25, -0.2) is 9.55 Å². The predicted octanol–water partition coefficient (Wildman–Crippen LogP) is 5.50. The lowest BCUT2D eigenvalue weighted by molar-refractivity contribution is 0.318. The Labute approximate surface area is 193 Å². The quantitative estimate of drug-likeness (QED) is 0.447. The molecule has 0 bridgehead atoms. The van der Waals surface area contributed by atoms with Gasteiger partial charge in [-0.05, 0) is 50.1 Å². The van der Waals surface area contributed by atoms with Crippen molar-refractivity contribution in [1.29, 1.82) is 0 Å². The zero-order valence-corrected chi connectivity index (χ0v) is 20.2. The predicted molar refractivity (Wildman–Crippen MR) is 132 cm³/mol. The molecule has 0 fully saturated rings. The summed E-state index contributed by atoms with van der Waals surface area (Å²) < 4.78 is 1.80.